The van der Waals surface area contributed by atoms with Crippen molar-refractivity contribution in [3.8, 4) is 11.5 Å². The van der Waals surface area contributed by atoms with E-state index in [0.29, 0.717) is 45.2 Å². The summed E-state index contributed by atoms with van der Waals surface area (Å²) in [6, 6.07) is 11.7. The van der Waals surface area contributed by atoms with Gasteiger partial charge in [0.2, 0.25) is 11.8 Å². The van der Waals surface area contributed by atoms with Crippen molar-refractivity contribution in [3.05, 3.63) is 68.1 Å². The molecule has 0 saturated carbocycles. The van der Waals surface area contributed by atoms with E-state index in [1.54, 1.807) is 32.2 Å². The van der Waals surface area contributed by atoms with E-state index in [0.717, 1.165) is 16.9 Å². The maximum atomic E-state index is 13.9. The van der Waals surface area contributed by atoms with Crippen LogP contribution in [-0.4, -0.2) is 48.3 Å². The summed E-state index contributed by atoms with van der Waals surface area (Å²) in [5, 5.41) is -0.135. The van der Waals surface area contributed by atoms with Crippen LogP contribution >= 0.6 is 23.1 Å². The van der Waals surface area contributed by atoms with Crippen LogP contribution in [-0.2, 0) is 14.3 Å². The minimum Gasteiger partial charge on any atom is -0.493 e. The van der Waals surface area contributed by atoms with E-state index in [1.165, 1.54) is 28.8 Å². The standard InChI is InChI=1S/C28H28N2O7S2/c1-5-36-27(33)15-6-9-17(10-7-15)30-25(31)21-20(22-24(29-28(34)39-22)38-23(21)26(30)32)16-8-11-18(19(12-16)35-4)37-13-14(2)3/h6-12,14,20-21,23H,5,13H2,1-4H3,(H,29,34). The fourth-order valence-corrected chi connectivity index (χ4v) is 7.36. The highest BCUT2D eigenvalue weighted by Gasteiger charge is 2.56. The fourth-order valence-electron chi connectivity index (χ4n) is 4.84. The minimum atomic E-state index is -0.738. The fraction of sp³-hybridized carbons (Fsp3) is 0.357. The molecular weight excluding hydrogens is 540 g/mol. The number of methoxy groups -OCH3 is 1. The molecule has 3 heterocycles. The van der Waals surface area contributed by atoms with Crippen LogP contribution < -0.4 is 19.2 Å². The molecule has 1 aromatic heterocycles. The molecule has 9 nitrogen and oxygen atoms in total. The van der Waals surface area contributed by atoms with E-state index >= 15 is 0 Å². The number of fused-ring (bicyclic) bond motifs is 2. The highest BCUT2D eigenvalue weighted by molar-refractivity contribution is 8.00. The van der Waals surface area contributed by atoms with E-state index in [9.17, 15) is 19.2 Å². The van der Waals surface area contributed by atoms with Crippen molar-refractivity contribution < 1.29 is 28.6 Å². The Balaban J connectivity index is 1.53. The molecule has 3 aromatic rings. The predicted octanol–water partition coefficient (Wildman–Crippen LogP) is 4.45. The third-order valence-corrected chi connectivity index (χ3v) is 8.98. The lowest BCUT2D eigenvalue weighted by Gasteiger charge is -2.30. The molecule has 204 valence electrons. The normalized spacial score (nSPS) is 20.1. The molecule has 0 bridgehead atoms. The molecule has 3 unspecified atom stereocenters. The number of carbonyl (C=O) groups is 3. The molecule has 5 rings (SSSR count). The van der Waals surface area contributed by atoms with Crippen molar-refractivity contribution in [2.24, 2.45) is 11.8 Å². The van der Waals surface area contributed by atoms with Gasteiger partial charge in [0.1, 0.15) is 5.25 Å². The lowest BCUT2D eigenvalue weighted by Crippen LogP contribution is -2.32. The number of hydrogen-bond acceptors (Lipinski definition) is 9. The number of aromatic nitrogens is 1. The Morgan fingerprint density at radius 3 is 2.46 bits per heavy atom. The van der Waals surface area contributed by atoms with Crippen molar-refractivity contribution in [2.75, 3.05) is 25.2 Å². The van der Waals surface area contributed by atoms with Crippen LogP contribution in [0, 0.1) is 11.8 Å². The number of benzene rings is 2. The molecule has 3 atom stereocenters. The van der Waals surface area contributed by atoms with Crippen LogP contribution in [0.4, 0.5) is 5.69 Å². The molecule has 2 amide bonds. The minimum absolute atomic E-state index is 0.243. The van der Waals surface area contributed by atoms with E-state index in [2.05, 4.69) is 18.8 Å². The highest BCUT2D eigenvalue weighted by atomic mass is 32.2. The number of imide groups is 1. The van der Waals surface area contributed by atoms with Crippen molar-refractivity contribution >= 4 is 46.6 Å². The lowest BCUT2D eigenvalue weighted by atomic mass is 9.83. The van der Waals surface area contributed by atoms with Gasteiger partial charge in [0.25, 0.3) is 0 Å². The third kappa shape index (κ3) is 4.96. The Labute approximate surface area is 233 Å². The Kier molecular flexibility index (Phi) is 7.55. The average molecular weight is 569 g/mol. The second kappa shape index (κ2) is 10.9. The number of rotatable bonds is 8. The molecule has 1 fully saturated rings. The van der Waals surface area contributed by atoms with Gasteiger partial charge in [-0.1, -0.05) is 43.0 Å². The number of amides is 2. The lowest BCUT2D eigenvalue weighted by molar-refractivity contribution is -0.122. The van der Waals surface area contributed by atoms with Crippen LogP contribution in [0.1, 0.15) is 47.5 Å². The first-order valence-electron chi connectivity index (χ1n) is 12.6. The number of nitrogens with one attached hydrogen (secondary N) is 1. The molecule has 1 saturated heterocycles. The number of esters is 1. The molecule has 1 N–H and O–H groups in total. The van der Waals surface area contributed by atoms with Gasteiger partial charge in [0, 0.05) is 10.8 Å². The predicted molar refractivity (Wildman–Crippen MR) is 148 cm³/mol. The largest absolute Gasteiger partial charge is 0.493 e. The number of ether oxygens (including phenoxy) is 3. The number of thiazole rings is 1. The van der Waals surface area contributed by atoms with E-state index in [-0.39, 0.29) is 23.3 Å². The Hall–Kier alpha value is -3.57. The second-order valence-corrected chi connectivity index (χ2v) is 11.8. The van der Waals surface area contributed by atoms with Gasteiger partial charge in [-0.2, -0.15) is 0 Å². The maximum absolute atomic E-state index is 13.9. The summed E-state index contributed by atoms with van der Waals surface area (Å²) in [5.41, 5.74) is 1.45. The maximum Gasteiger partial charge on any atom is 0.338 e. The number of anilines is 1. The van der Waals surface area contributed by atoms with Gasteiger partial charge in [-0.15, -0.1) is 0 Å². The zero-order valence-electron chi connectivity index (χ0n) is 21.9. The second-order valence-electron chi connectivity index (χ2n) is 9.64. The van der Waals surface area contributed by atoms with Crippen LogP contribution in [0.25, 0.3) is 0 Å². The van der Waals surface area contributed by atoms with Gasteiger partial charge in [0.05, 0.1) is 42.5 Å². The third-order valence-electron chi connectivity index (χ3n) is 6.58. The van der Waals surface area contributed by atoms with Gasteiger partial charge in [0.15, 0.2) is 11.5 Å². The summed E-state index contributed by atoms with van der Waals surface area (Å²) in [5.74, 6) is -1.07. The molecule has 2 aromatic carbocycles. The quantitative estimate of drug-likeness (QED) is 0.313. The molecule has 11 heteroatoms. The van der Waals surface area contributed by atoms with Crippen LogP contribution in [0.15, 0.2) is 52.3 Å². The summed E-state index contributed by atoms with van der Waals surface area (Å²) < 4.78 is 16.5. The molecule has 0 radical (unpaired) electrons. The Morgan fingerprint density at radius 2 is 1.79 bits per heavy atom. The number of carbonyl (C=O) groups excluding carboxylic acids is 3. The van der Waals surface area contributed by atoms with E-state index < -0.39 is 23.1 Å². The van der Waals surface area contributed by atoms with Crippen LogP contribution in [0.3, 0.4) is 0 Å². The summed E-state index contributed by atoms with van der Waals surface area (Å²) in [7, 11) is 1.55. The molecule has 39 heavy (non-hydrogen) atoms. The van der Waals surface area contributed by atoms with E-state index in [1.807, 2.05) is 12.1 Å². The van der Waals surface area contributed by atoms with Gasteiger partial charge in [-0.05, 0) is 54.8 Å². The summed E-state index contributed by atoms with van der Waals surface area (Å²) >= 11 is 2.26. The number of H-pyrrole nitrogens is 1. The summed E-state index contributed by atoms with van der Waals surface area (Å²) in [6.07, 6.45) is 0. The van der Waals surface area contributed by atoms with Crippen molar-refractivity contribution in [2.45, 2.75) is 37.0 Å². The number of hydrogen-bond donors (Lipinski definition) is 1. The number of aromatic amines is 1. The molecule has 0 aliphatic carbocycles. The first-order valence-corrected chi connectivity index (χ1v) is 14.3. The van der Waals surface area contributed by atoms with Crippen LogP contribution in [0.2, 0.25) is 0 Å². The van der Waals surface area contributed by atoms with Gasteiger partial charge in [-0.25, -0.2) is 9.69 Å². The number of nitrogens with zero attached hydrogens (tertiary/aromatic N) is 1. The van der Waals surface area contributed by atoms with Crippen LogP contribution in [0.5, 0.6) is 11.5 Å². The highest BCUT2D eigenvalue weighted by Crippen LogP contribution is 2.53. The topological polar surface area (TPSA) is 115 Å². The smallest absolute Gasteiger partial charge is 0.338 e. The molecule has 0 spiro atoms. The first kappa shape index (κ1) is 27.0. The van der Waals surface area contributed by atoms with E-state index in [4.69, 9.17) is 14.2 Å². The zero-order valence-corrected chi connectivity index (χ0v) is 23.5. The zero-order chi connectivity index (χ0) is 27.8. The Morgan fingerprint density at radius 1 is 1.05 bits per heavy atom. The van der Waals surface area contributed by atoms with Crippen molar-refractivity contribution in [1.82, 2.24) is 4.98 Å². The molecule has 2 aliphatic heterocycles. The SMILES string of the molecule is CCOC(=O)c1ccc(N2C(=O)C3Sc4[nH]c(=O)sc4C(c4ccc(OCC(C)C)c(OC)c4)C3C2=O)cc1. The van der Waals surface area contributed by atoms with Crippen molar-refractivity contribution in [1.29, 1.82) is 0 Å². The average Bonchev–Trinajstić information content (AvgIpc) is 3.41. The first-order chi connectivity index (χ1) is 18.7. The molecular formula is C28H28N2O7S2. The van der Waals surface area contributed by atoms with Crippen molar-refractivity contribution in [3.63, 3.8) is 0 Å². The van der Waals surface area contributed by atoms with Gasteiger partial charge >= 0.3 is 10.8 Å². The van der Waals surface area contributed by atoms with Gasteiger partial charge in [-0.3, -0.25) is 14.4 Å². The van der Waals surface area contributed by atoms with Gasteiger partial charge < -0.3 is 19.2 Å². The summed E-state index contributed by atoms with van der Waals surface area (Å²) in [4.78, 5) is 56.5. The monoisotopic (exact) mass is 568 g/mol. The summed E-state index contributed by atoms with van der Waals surface area (Å²) in [6.45, 7) is 6.58. The Bertz CT molecular complexity index is 1480. The molecule has 2 aliphatic rings. The number of thioether (sulfide) groups is 1.